The first kappa shape index (κ1) is 17.3. The zero-order chi connectivity index (χ0) is 17.9. The van der Waals surface area contributed by atoms with Crippen LogP contribution in [-0.4, -0.2) is 11.6 Å². The van der Waals surface area contributed by atoms with E-state index in [0.29, 0.717) is 23.8 Å². The molecule has 1 fully saturated rings. The number of rotatable bonds is 4. The maximum absolute atomic E-state index is 12.8. The lowest BCUT2D eigenvalue weighted by Gasteiger charge is -2.23. The molecular formula is C22H22BrNO2. The third kappa shape index (κ3) is 3.56. The molecule has 0 atom stereocenters. The fraction of sp³-hybridized carbons (Fsp3) is 0.318. The van der Waals surface area contributed by atoms with E-state index in [4.69, 9.17) is 4.74 Å². The quantitative estimate of drug-likeness (QED) is 0.578. The SMILES string of the molecule is O=c1[nH]c2ccc(Br)cc2c(OCC2CCCCC2)c1-c1ccccc1. The number of hydrogen-bond acceptors (Lipinski definition) is 2. The molecular weight excluding hydrogens is 390 g/mol. The molecule has 134 valence electrons. The monoisotopic (exact) mass is 411 g/mol. The highest BCUT2D eigenvalue weighted by atomic mass is 79.9. The summed E-state index contributed by atoms with van der Waals surface area (Å²) in [5.74, 6) is 1.27. The Balaban J connectivity index is 1.82. The molecule has 3 nitrogen and oxygen atoms in total. The molecule has 4 heteroatoms. The zero-order valence-corrected chi connectivity index (χ0v) is 16.2. The Labute approximate surface area is 161 Å². The van der Waals surface area contributed by atoms with Crippen molar-refractivity contribution >= 4 is 26.8 Å². The van der Waals surface area contributed by atoms with Crippen molar-refractivity contribution in [2.75, 3.05) is 6.61 Å². The van der Waals surface area contributed by atoms with Crippen LogP contribution in [0.3, 0.4) is 0 Å². The van der Waals surface area contributed by atoms with Gasteiger partial charge in [0, 0.05) is 9.86 Å². The Morgan fingerprint density at radius 1 is 1.04 bits per heavy atom. The molecule has 0 radical (unpaired) electrons. The highest BCUT2D eigenvalue weighted by Crippen LogP contribution is 2.35. The molecule has 0 bridgehead atoms. The van der Waals surface area contributed by atoms with E-state index >= 15 is 0 Å². The van der Waals surface area contributed by atoms with E-state index in [1.54, 1.807) is 0 Å². The standard InChI is InChI=1S/C22H22BrNO2/c23-17-11-12-19-18(13-17)21(26-14-15-7-3-1-4-8-15)20(22(25)24-19)16-9-5-2-6-10-16/h2,5-6,9-13,15H,1,3-4,7-8,14H2,(H,24,25). The van der Waals surface area contributed by atoms with Gasteiger partial charge < -0.3 is 9.72 Å². The molecule has 1 N–H and O–H groups in total. The summed E-state index contributed by atoms with van der Waals surface area (Å²) in [5.41, 5.74) is 2.20. The van der Waals surface area contributed by atoms with Gasteiger partial charge in [0.15, 0.2) is 0 Å². The van der Waals surface area contributed by atoms with Crippen LogP contribution in [0, 0.1) is 5.92 Å². The Hall–Kier alpha value is -2.07. The lowest BCUT2D eigenvalue weighted by molar-refractivity contribution is 0.211. The van der Waals surface area contributed by atoms with Gasteiger partial charge in [-0.2, -0.15) is 0 Å². The smallest absolute Gasteiger partial charge is 0.260 e. The highest BCUT2D eigenvalue weighted by Gasteiger charge is 2.19. The van der Waals surface area contributed by atoms with Crippen LogP contribution in [0.1, 0.15) is 32.1 Å². The Kier molecular flexibility index (Phi) is 5.11. The second kappa shape index (κ2) is 7.67. The van der Waals surface area contributed by atoms with Crippen molar-refractivity contribution in [2.45, 2.75) is 32.1 Å². The summed E-state index contributed by atoms with van der Waals surface area (Å²) in [7, 11) is 0. The molecule has 1 aromatic heterocycles. The molecule has 26 heavy (non-hydrogen) atoms. The maximum atomic E-state index is 12.8. The van der Waals surface area contributed by atoms with Crippen molar-refractivity contribution in [3.63, 3.8) is 0 Å². The third-order valence-corrected chi connectivity index (χ3v) is 5.67. The van der Waals surface area contributed by atoms with Crippen molar-refractivity contribution in [3.8, 4) is 16.9 Å². The van der Waals surface area contributed by atoms with E-state index in [9.17, 15) is 4.79 Å². The minimum Gasteiger partial charge on any atom is -0.492 e. The molecule has 1 saturated carbocycles. The number of hydrogen-bond donors (Lipinski definition) is 1. The van der Waals surface area contributed by atoms with Crippen LogP contribution >= 0.6 is 15.9 Å². The summed E-state index contributed by atoms with van der Waals surface area (Å²) >= 11 is 3.55. The predicted octanol–water partition coefficient (Wildman–Crippen LogP) is 5.92. The van der Waals surface area contributed by atoms with Gasteiger partial charge in [0.05, 0.1) is 17.7 Å². The number of pyridine rings is 1. The van der Waals surface area contributed by atoms with E-state index in [-0.39, 0.29) is 5.56 Å². The van der Waals surface area contributed by atoms with Gasteiger partial charge in [-0.05, 0) is 42.5 Å². The second-order valence-corrected chi connectivity index (χ2v) is 7.94. The van der Waals surface area contributed by atoms with Crippen molar-refractivity contribution in [1.29, 1.82) is 0 Å². The Bertz CT molecular complexity index is 959. The first-order valence-corrected chi connectivity index (χ1v) is 10.1. The van der Waals surface area contributed by atoms with Gasteiger partial charge in [-0.15, -0.1) is 0 Å². The summed E-state index contributed by atoms with van der Waals surface area (Å²) in [5, 5.41) is 0.939. The molecule has 4 rings (SSSR count). The molecule has 1 aliphatic carbocycles. The van der Waals surface area contributed by atoms with E-state index in [1.165, 1.54) is 32.1 Å². The number of ether oxygens (including phenoxy) is 1. The van der Waals surface area contributed by atoms with E-state index in [0.717, 1.165) is 20.9 Å². The normalized spacial score (nSPS) is 15.3. The molecule has 3 aromatic rings. The molecule has 2 aromatic carbocycles. The van der Waals surface area contributed by atoms with Gasteiger partial charge in [-0.3, -0.25) is 4.79 Å². The summed E-state index contributed by atoms with van der Waals surface area (Å²) in [6.45, 7) is 0.672. The number of benzene rings is 2. The molecule has 1 aliphatic rings. The Morgan fingerprint density at radius 3 is 2.58 bits per heavy atom. The van der Waals surface area contributed by atoms with Gasteiger partial charge in [0.1, 0.15) is 5.75 Å². The molecule has 0 aliphatic heterocycles. The predicted molar refractivity (Wildman–Crippen MR) is 110 cm³/mol. The zero-order valence-electron chi connectivity index (χ0n) is 14.6. The molecule has 1 heterocycles. The fourth-order valence-corrected chi connectivity index (χ4v) is 4.17. The van der Waals surface area contributed by atoms with Crippen LogP contribution in [0.5, 0.6) is 5.75 Å². The van der Waals surface area contributed by atoms with Crippen molar-refractivity contribution < 1.29 is 4.74 Å². The van der Waals surface area contributed by atoms with E-state index < -0.39 is 0 Å². The third-order valence-electron chi connectivity index (χ3n) is 5.18. The minimum atomic E-state index is -0.107. The number of aromatic amines is 1. The van der Waals surface area contributed by atoms with Gasteiger partial charge in [-0.1, -0.05) is 65.5 Å². The molecule has 0 unspecified atom stereocenters. The van der Waals surface area contributed by atoms with Gasteiger partial charge in [-0.25, -0.2) is 0 Å². The molecule has 0 amide bonds. The van der Waals surface area contributed by atoms with Gasteiger partial charge >= 0.3 is 0 Å². The average molecular weight is 412 g/mol. The van der Waals surface area contributed by atoms with Crippen LogP contribution in [0.4, 0.5) is 0 Å². The van der Waals surface area contributed by atoms with Crippen LogP contribution in [0.25, 0.3) is 22.0 Å². The largest absolute Gasteiger partial charge is 0.492 e. The van der Waals surface area contributed by atoms with Crippen LogP contribution in [-0.2, 0) is 0 Å². The summed E-state index contributed by atoms with van der Waals surface area (Å²) in [6.07, 6.45) is 6.31. The van der Waals surface area contributed by atoms with Crippen LogP contribution < -0.4 is 10.3 Å². The lowest BCUT2D eigenvalue weighted by atomic mass is 9.90. The number of halogens is 1. The van der Waals surface area contributed by atoms with Crippen molar-refractivity contribution in [2.24, 2.45) is 5.92 Å². The van der Waals surface area contributed by atoms with E-state index in [1.807, 2.05) is 48.5 Å². The fourth-order valence-electron chi connectivity index (χ4n) is 3.81. The first-order chi connectivity index (χ1) is 12.7. The average Bonchev–Trinajstić information content (AvgIpc) is 2.68. The van der Waals surface area contributed by atoms with Crippen LogP contribution in [0.2, 0.25) is 0 Å². The number of H-pyrrole nitrogens is 1. The topological polar surface area (TPSA) is 42.1 Å². The summed E-state index contributed by atoms with van der Waals surface area (Å²) in [4.78, 5) is 15.8. The van der Waals surface area contributed by atoms with Gasteiger partial charge in [0.2, 0.25) is 0 Å². The lowest BCUT2D eigenvalue weighted by Crippen LogP contribution is -2.18. The number of aromatic nitrogens is 1. The van der Waals surface area contributed by atoms with Crippen molar-refractivity contribution in [1.82, 2.24) is 4.98 Å². The summed E-state index contributed by atoms with van der Waals surface area (Å²) < 4.78 is 7.31. The van der Waals surface area contributed by atoms with Gasteiger partial charge in [0.25, 0.3) is 5.56 Å². The Morgan fingerprint density at radius 2 is 1.81 bits per heavy atom. The van der Waals surface area contributed by atoms with Crippen LogP contribution in [0.15, 0.2) is 57.8 Å². The highest BCUT2D eigenvalue weighted by molar-refractivity contribution is 9.10. The number of fused-ring (bicyclic) bond motifs is 1. The maximum Gasteiger partial charge on any atom is 0.260 e. The van der Waals surface area contributed by atoms with Crippen molar-refractivity contribution in [3.05, 3.63) is 63.4 Å². The molecule has 0 spiro atoms. The first-order valence-electron chi connectivity index (χ1n) is 9.26. The minimum absolute atomic E-state index is 0.107. The second-order valence-electron chi connectivity index (χ2n) is 7.03. The van der Waals surface area contributed by atoms with E-state index in [2.05, 4.69) is 20.9 Å². The summed E-state index contributed by atoms with van der Waals surface area (Å²) in [6, 6.07) is 15.7. The number of nitrogens with one attached hydrogen (secondary N) is 1. The molecule has 0 saturated heterocycles.